The maximum Gasteiger partial charge on any atom is 0.326 e. The van der Waals surface area contributed by atoms with Crippen molar-refractivity contribution in [3.8, 4) is 0 Å². The quantitative estimate of drug-likeness (QED) is 0.758. The van der Waals surface area contributed by atoms with Crippen LogP contribution in [0.25, 0.3) is 0 Å². The summed E-state index contributed by atoms with van der Waals surface area (Å²) >= 11 is 1.59. The largest absolute Gasteiger partial charge is 0.480 e. The van der Waals surface area contributed by atoms with Gasteiger partial charge in [-0.3, -0.25) is 0 Å². The Balaban J connectivity index is 2.51. The van der Waals surface area contributed by atoms with Crippen molar-refractivity contribution >= 4 is 23.8 Å². The van der Waals surface area contributed by atoms with E-state index in [1.54, 1.807) is 16.7 Å². The smallest absolute Gasteiger partial charge is 0.326 e. The average Bonchev–Trinajstić information content (AvgIpc) is 2.51. The van der Waals surface area contributed by atoms with Crippen molar-refractivity contribution < 1.29 is 14.7 Å². The first-order valence-electron chi connectivity index (χ1n) is 7.75. The molecule has 122 valence electrons. The lowest BCUT2D eigenvalue weighted by molar-refractivity contribution is -0.139. The number of carboxylic acids is 1. The van der Waals surface area contributed by atoms with Crippen LogP contribution in [0.4, 0.5) is 4.79 Å². The monoisotopic (exact) mass is 316 g/mol. The molecule has 0 aromatic carbocycles. The third-order valence-electron chi connectivity index (χ3n) is 4.82. The van der Waals surface area contributed by atoms with Gasteiger partial charge in [0.1, 0.15) is 6.04 Å². The van der Waals surface area contributed by atoms with E-state index < -0.39 is 12.0 Å². The second kappa shape index (κ2) is 8.51. The molecule has 0 spiro atoms. The van der Waals surface area contributed by atoms with Gasteiger partial charge in [-0.15, -0.1) is 0 Å². The molecule has 0 bridgehead atoms. The SMILES string of the molecule is CCC1(CC)CCN(C(=O)N[C@H](CCSC)C(=O)O)CC1. The first-order chi connectivity index (χ1) is 9.98. The van der Waals surface area contributed by atoms with E-state index in [4.69, 9.17) is 5.11 Å². The second-order valence-electron chi connectivity index (χ2n) is 5.82. The fourth-order valence-electron chi connectivity index (χ4n) is 2.87. The zero-order valence-electron chi connectivity index (χ0n) is 13.4. The highest BCUT2D eigenvalue weighted by atomic mass is 32.2. The summed E-state index contributed by atoms with van der Waals surface area (Å²) < 4.78 is 0. The first kappa shape index (κ1) is 18.1. The van der Waals surface area contributed by atoms with E-state index in [9.17, 15) is 9.59 Å². The third kappa shape index (κ3) is 5.09. The van der Waals surface area contributed by atoms with Crippen molar-refractivity contribution in [3.05, 3.63) is 0 Å². The molecule has 1 fully saturated rings. The Bertz CT molecular complexity index is 349. The van der Waals surface area contributed by atoms with Gasteiger partial charge >= 0.3 is 12.0 Å². The molecule has 0 radical (unpaired) electrons. The number of piperidine rings is 1. The summed E-state index contributed by atoms with van der Waals surface area (Å²) in [5.41, 5.74) is 0.363. The highest BCUT2D eigenvalue weighted by molar-refractivity contribution is 7.98. The highest BCUT2D eigenvalue weighted by Gasteiger charge is 2.33. The topological polar surface area (TPSA) is 69.6 Å². The number of nitrogens with one attached hydrogen (secondary N) is 1. The minimum atomic E-state index is -0.953. The second-order valence-corrected chi connectivity index (χ2v) is 6.80. The molecule has 0 unspecified atom stereocenters. The molecule has 0 saturated carbocycles. The molecule has 1 saturated heterocycles. The molecule has 5 nitrogen and oxygen atoms in total. The predicted octanol–water partition coefficient (Wildman–Crippen LogP) is 2.80. The molecule has 1 aliphatic heterocycles. The molecule has 1 rings (SSSR count). The van der Waals surface area contributed by atoms with Gasteiger partial charge in [0.05, 0.1) is 0 Å². The minimum absolute atomic E-state index is 0.232. The van der Waals surface area contributed by atoms with Crippen LogP contribution in [0.5, 0.6) is 0 Å². The van der Waals surface area contributed by atoms with Crippen LogP contribution < -0.4 is 5.32 Å². The Hall–Kier alpha value is -0.910. The summed E-state index contributed by atoms with van der Waals surface area (Å²) in [5, 5.41) is 11.8. The fourth-order valence-corrected chi connectivity index (χ4v) is 3.35. The van der Waals surface area contributed by atoms with Crippen LogP contribution in [0.1, 0.15) is 46.0 Å². The van der Waals surface area contributed by atoms with Crippen LogP contribution in [0, 0.1) is 5.41 Å². The van der Waals surface area contributed by atoms with E-state index in [2.05, 4.69) is 19.2 Å². The van der Waals surface area contributed by atoms with Gasteiger partial charge < -0.3 is 15.3 Å². The van der Waals surface area contributed by atoms with E-state index >= 15 is 0 Å². The van der Waals surface area contributed by atoms with Crippen LogP contribution in [0.3, 0.4) is 0 Å². The fraction of sp³-hybridized carbons (Fsp3) is 0.867. The first-order valence-corrected chi connectivity index (χ1v) is 9.14. The van der Waals surface area contributed by atoms with Gasteiger partial charge in [0.2, 0.25) is 0 Å². The summed E-state index contributed by atoms with van der Waals surface area (Å²) in [4.78, 5) is 25.1. The van der Waals surface area contributed by atoms with Gasteiger partial charge in [0.15, 0.2) is 0 Å². The van der Waals surface area contributed by atoms with E-state index in [1.807, 2.05) is 6.26 Å². The molecular formula is C15H28N2O3S. The van der Waals surface area contributed by atoms with E-state index in [0.717, 1.165) is 44.5 Å². The third-order valence-corrected chi connectivity index (χ3v) is 5.46. The van der Waals surface area contributed by atoms with E-state index in [-0.39, 0.29) is 6.03 Å². The van der Waals surface area contributed by atoms with Crippen LogP contribution >= 0.6 is 11.8 Å². The van der Waals surface area contributed by atoms with Crippen molar-refractivity contribution in [1.29, 1.82) is 0 Å². The number of aliphatic carboxylic acids is 1. The van der Waals surface area contributed by atoms with Gasteiger partial charge in [-0.05, 0) is 36.7 Å². The number of carbonyl (C=O) groups is 2. The molecule has 0 aliphatic carbocycles. The predicted molar refractivity (Wildman–Crippen MR) is 86.8 cm³/mol. The van der Waals surface area contributed by atoms with Gasteiger partial charge in [-0.1, -0.05) is 26.7 Å². The molecule has 0 aromatic heterocycles. The van der Waals surface area contributed by atoms with Crippen molar-refractivity contribution in [1.82, 2.24) is 10.2 Å². The van der Waals surface area contributed by atoms with Gasteiger partial charge in [0.25, 0.3) is 0 Å². The Morgan fingerprint density at radius 2 is 1.86 bits per heavy atom. The lowest BCUT2D eigenvalue weighted by atomic mass is 9.74. The van der Waals surface area contributed by atoms with Crippen molar-refractivity contribution in [2.24, 2.45) is 5.41 Å². The number of hydrogen-bond acceptors (Lipinski definition) is 3. The average molecular weight is 316 g/mol. The Kier molecular flexibility index (Phi) is 7.35. The summed E-state index contributed by atoms with van der Waals surface area (Å²) in [6.45, 7) is 5.87. The summed E-state index contributed by atoms with van der Waals surface area (Å²) in [6.07, 6.45) is 6.70. The molecule has 6 heteroatoms. The normalized spacial score (nSPS) is 19.1. The summed E-state index contributed by atoms with van der Waals surface area (Å²) in [7, 11) is 0. The highest BCUT2D eigenvalue weighted by Crippen LogP contribution is 2.37. The lowest BCUT2D eigenvalue weighted by Crippen LogP contribution is -2.51. The zero-order valence-corrected chi connectivity index (χ0v) is 14.2. The number of urea groups is 1. The van der Waals surface area contributed by atoms with Crippen molar-refractivity contribution in [3.63, 3.8) is 0 Å². The number of carbonyl (C=O) groups excluding carboxylic acids is 1. The molecule has 0 aromatic rings. The summed E-state index contributed by atoms with van der Waals surface area (Å²) in [5.74, 6) is -0.225. The number of rotatable bonds is 7. The number of amides is 2. The molecule has 2 amide bonds. The van der Waals surface area contributed by atoms with Gasteiger partial charge in [-0.2, -0.15) is 11.8 Å². The number of likely N-dealkylation sites (tertiary alicyclic amines) is 1. The molecule has 1 atom stereocenters. The zero-order chi connectivity index (χ0) is 15.9. The van der Waals surface area contributed by atoms with Crippen molar-refractivity contribution in [2.45, 2.75) is 52.0 Å². The maximum atomic E-state index is 12.2. The van der Waals surface area contributed by atoms with Crippen molar-refractivity contribution in [2.75, 3.05) is 25.1 Å². The van der Waals surface area contributed by atoms with E-state index in [0.29, 0.717) is 11.8 Å². The maximum absolute atomic E-state index is 12.2. The van der Waals surface area contributed by atoms with Crippen LogP contribution in [0.2, 0.25) is 0 Å². The molecular weight excluding hydrogens is 288 g/mol. The van der Waals surface area contributed by atoms with E-state index in [1.165, 1.54) is 0 Å². The number of thioether (sulfide) groups is 1. The summed E-state index contributed by atoms with van der Waals surface area (Å²) in [6, 6.07) is -1.02. The Morgan fingerprint density at radius 3 is 2.29 bits per heavy atom. The van der Waals surface area contributed by atoms with Gasteiger partial charge in [-0.25, -0.2) is 9.59 Å². The van der Waals surface area contributed by atoms with Gasteiger partial charge in [0, 0.05) is 13.1 Å². The minimum Gasteiger partial charge on any atom is -0.480 e. The number of carboxylic acid groups (broad SMARTS) is 1. The molecule has 1 aliphatic rings. The molecule has 2 N–H and O–H groups in total. The number of nitrogens with zero attached hydrogens (tertiary/aromatic N) is 1. The Morgan fingerprint density at radius 1 is 1.29 bits per heavy atom. The molecule has 21 heavy (non-hydrogen) atoms. The van der Waals surface area contributed by atoms with Crippen LogP contribution in [0.15, 0.2) is 0 Å². The Labute approximate surface area is 131 Å². The lowest BCUT2D eigenvalue weighted by Gasteiger charge is -2.41. The number of hydrogen-bond donors (Lipinski definition) is 2. The van der Waals surface area contributed by atoms with Crippen LogP contribution in [-0.4, -0.2) is 53.1 Å². The van der Waals surface area contributed by atoms with Crippen LogP contribution in [-0.2, 0) is 4.79 Å². The molecule has 1 heterocycles. The standard InChI is InChI=1S/C15H28N2O3S/c1-4-15(5-2)7-9-17(10-8-15)14(20)16-12(13(18)19)6-11-21-3/h12H,4-11H2,1-3H3,(H,16,20)(H,18,19)/t12-/m1/s1.